The third-order valence-electron chi connectivity index (χ3n) is 5.37. The summed E-state index contributed by atoms with van der Waals surface area (Å²) in [4.78, 5) is 30.4. The van der Waals surface area contributed by atoms with Crippen LogP contribution in [-0.2, 0) is 11.3 Å². The first-order chi connectivity index (χ1) is 15.4. The smallest absolute Gasteiger partial charge is 0.316 e. The lowest BCUT2D eigenvalue weighted by atomic mass is 10.1. The molecule has 0 bridgehead atoms. The summed E-state index contributed by atoms with van der Waals surface area (Å²) in [6.07, 6.45) is 2.91. The second kappa shape index (κ2) is 9.00. The number of aromatic nitrogens is 2. The van der Waals surface area contributed by atoms with Crippen LogP contribution in [0.4, 0.5) is 21.7 Å². The van der Waals surface area contributed by atoms with Crippen molar-refractivity contribution in [1.29, 1.82) is 0 Å². The van der Waals surface area contributed by atoms with Crippen molar-refractivity contribution in [2.75, 3.05) is 23.9 Å². The molecule has 1 fully saturated rings. The highest BCUT2D eigenvalue weighted by molar-refractivity contribution is 6.30. The van der Waals surface area contributed by atoms with Crippen molar-refractivity contribution in [2.24, 2.45) is 0 Å². The van der Waals surface area contributed by atoms with Crippen LogP contribution in [0.15, 0.2) is 47.4 Å². The van der Waals surface area contributed by atoms with E-state index in [0.717, 1.165) is 23.2 Å². The molecule has 2 aromatic carbocycles. The van der Waals surface area contributed by atoms with Crippen molar-refractivity contribution >= 4 is 34.8 Å². The first kappa shape index (κ1) is 21.8. The van der Waals surface area contributed by atoms with E-state index >= 15 is 0 Å². The molecule has 1 amide bonds. The fourth-order valence-corrected chi connectivity index (χ4v) is 3.83. The Labute approximate surface area is 189 Å². The van der Waals surface area contributed by atoms with Gasteiger partial charge in [-0.2, -0.15) is 4.98 Å². The van der Waals surface area contributed by atoms with Crippen LogP contribution in [0.2, 0.25) is 5.02 Å². The van der Waals surface area contributed by atoms with Crippen molar-refractivity contribution < 1.29 is 13.9 Å². The van der Waals surface area contributed by atoms with Gasteiger partial charge in [-0.25, -0.2) is 4.39 Å². The third kappa shape index (κ3) is 4.45. The minimum absolute atomic E-state index is 0.0109. The van der Waals surface area contributed by atoms with E-state index in [1.807, 2.05) is 25.1 Å². The monoisotopic (exact) mass is 456 g/mol. The molecule has 9 heteroatoms. The number of aryl methyl sites for hydroxylation is 1. The largest absolute Gasteiger partial charge is 0.490 e. The quantitative estimate of drug-likeness (QED) is 0.599. The highest BCUT2D eigenvalue weighted by atomic mass is 35.5. The molecule has 2 heterocycles. The normalized spacial score (nSPS) is 13.5. The van der Waals surface area contributed by atoms with Gasteiger partial charge in [-0.05, 0) is 48.7 Å². The zero-order valence-electron chi connectivity index (χ0n) is 17.7. The van der Waals surface area contributed by atoms with E-state index in [9.17, 15) is 14.0 Å². The molecule has 1 N–H and O–H groups in total. The fraction of sp³-hybridized carbons (Fsp3) is 0.261. The van der Waals surface area contributed by atoms with Gasteiger partial charge in [0, 0.05) is 24.3 Å². The molecule has 1 saturated heterocycles. The molecule has 1 aliphatic heterocycles. The molecular weight excluding hydrogens is 435 g/mol. The number of nitrogens with one attached hydrogen (secondary N) is 1. The molecular formula is C23H22ClFN4O3. The molecule has 0 radical (unpaired) electrons. The summed E-state index contributed by atoms with van der Waals surface area (Å²) >= 11 is 5.92. The average Bonchev–Trinajstić information content (AvgIpc) is 3.20. The summed E-state index contributed by atoms with van der Waals surface area (Å²) in [7, 11) is 1.39. The SMILES string of the molecule is COc1cn(Cc2ccc(F)c(Cl)c2)c(Nc2cc(N3CCCC3=O)ccc2C)nc1=O. The number of anilines is 3. The van der Waals surface area contributed by atoms with E-state index in [-0.39, 0.29) is 29.2 Å². The van der Waals surface area contributed by atoms with Crippen LogP contribution in [-0.4, -0.2) is 29.1 Å². The fourth-order valence-electron chi connectivity index (χ4n) is 3.62. The van der Waals surface area contributed by atoms with E-state index in [0.29, 0.717) is 18.7 Å². The topological polar surface area (TPSA) is 76.5 Å². The molecule has 1 aliphatic rings. The average molecular weight is 457 g/mol. The Kier molecular flexibility index (Phi) is 6.14. The first-order valence-corrected chi connectivity index (χ1v) is 10.5. The highest BCUT2D eigenvalue weighted by Crippen LogP contribution is 2.29. The van der Waals surface area contributed by atoms with E-state index in [2.05, 4.69) is 10.3 Å². The molecule has 0 unspecified atom stereocenters. The minimum atomic E-state index is -0.521. The van der Waals surface area contributed by atoms with Gasteiger partial charge in [0.2, 0.25) is 17.6 Å². The van der Waals surface area contributed by atoms with Gasteiger partial charge in [-0.3, -0.25) is 9.59 Å². The highest BCUT2D eigenvalue weighted by Gasteiger charge is 2.22. The number of nitrogens with zero attached hydrogens (tertiary/aromatic N) is 3. The van der Waals surface area contributed by atoms with Crippen LogP contribution in [0.5, 0.6) is 5.75 Å². The van der Waals surface area contributed by atoms with Crippen LogP contribution in [0, 0.1) is 12.7 Å². The van der Waals surface area contributed by atoms with Crippen molar-refractivity contribution in [2.45, 2.75) is 26.3 Å². The van der Waals surface area contributed by atoms with Gasteiger partial charge in [-0.15, -0.1) is 0 Å². The maximum Gasteiger partial charge on any atom is 0.316 e. The van der Waals surface area contributed by atoms with Crippen molar-refractivity contribution in [1.82, 2.24) is 9.55 Å². The number of amides is 1. The lowest BCUT2D eigenvalue weighted by Crippen LogP contribution is -2.24. The van der Waals surface area contributed by atoms with Gasteiger partial charge in [0.05, 0.1) is 24.9 Å². The van der Waals surface area contributed by atoms with E-state index in [1.165, 1.54) is 25.4 Å². The maximum atomic E-state index is 13.6. The first-order valence-electron chi connectivity index (χ1n) is 10.1. The zero-order chi connectivity index (χ0) is 22.8. The van der Waals surface area contributed by atoms with E-state index < -0.39 is 11.4 Å². The van der Waals surface area contributed by atoms with Crippen LogP contribution >= 0.6 is 11.6 Å². The Balaban J connectivity index is 1.71. The molecule has 0 atom stereocenters. The van der Waals surface area contributed by atoms with Gasteiger partial charge in [0.25, 0.3) is 0 Å². The number of carbonyl (C=O) groups excluding carboxylic acids is 1. The number of ether oxygens (including phenoxy) is 1. The number of carbonyl (C=O) groups is 1. The number of benzene rings is 2. The zero-order valence-corrected chi connectivity index (χ0v) is 18.4. The minimum Gasteiger partial charge on any atom is -0.490 e. The number of halogens is 2. The van der Waals surface area contributed by atoms with Gasteiger partial charge >= 0.3 is 5.56 Å². The lowest BCUT2D eigenvalue weighted by molar-refractivity contribution is -0.117. The molecule has 0 saturated carbocycles. The molecule has 4 rings (SSSR count). The van der Waals surface area contributed by atoms with Gasteiger partial charge in [-0.1, -0.05) is 23.7 Å². The Bertz CT molecular complexity index is 1240. The number of rotatable bonds is 6. The van der Waals surface area contributed by atoms with Gasteiger partial charge in [0.1, 0.15) is 5.82 Å². The van der Waals surface area contributed by atoms with Crippen molar-refractivity contribution in [3.63, 3.8) is 0 Å². The summed E-state index contributed by atoms with van der Waals surface area (Å²) in [5.74, 6) is -0.0538. The summed E-state index contributed by atoms with van der Waals surface area (Å²) in [5, 5.41) is 3.22. The Hall–Kier alpha value is -3.39. The van der Waals surface area contributed by atoms with E-state index in [1.54, 1.807) is 15.5 Å². The number of hydrogen-bond acceptors (Lipinski definition) is 5. The summed E-state index contributed by atoms with van der Waals surface area (Å²) in [6, 6.07) is 10.1. The molecule has 7 nitrogen and oxygen atoms in total. The molecule has 166 valence electrons. The number of methoxy groups -OCH3 is 1. The predicted octanol–water partition coefficient (Wildman–Crippen LogP) is 4.27. The predicted molar refractivity (Wildman–Crippen MR) is 122 cm³/mol. The molecule has 32 heavy (non-hydrogen) atoms. The molecule has 0 aliphatic carbocycles. The van der Waals surface area contributed by atoms with Crippen molar-refractivity contribution in [3.05, 3.63) is 74.9 Å². The Morgan fingerprint density at radius 1 is 1.22 bits per heavy atom. The van der Waals surface area contributed by atoms with Crippen LogP contribution in [0.1, 0.15) is 24.0 Å². The van der Waals surface area contributed by atoms with Crippen LogP contribution in [0.25, 0.3) is 0 Å². The van der Waals surface area contributed by atoms with Gasteiger partial charge < -0.3 is 19.5 Å². The molecule has 1 aromatic heterocycles. The van der Waals surface area contributed by atoms with Gasteiger partial charge in [0.15, 0.2) is 0 Å². The Morgan fingerprint density at radius 2 is 2.03 bits per heavy atom. The Morgan fingerprint density at radius 3 is 2.72 bits per heavy atom. The molecule has 0 spiro atoms. The van der Waals surface area contributed by atoms with E-state index in [4.69, 9.17) is 16.3 Å². The second-order valence-corrected chi connectivity index (χ2v) is 7.99. The summed E-state index contributed by atoms with van der Waals surface area (Å²) in [5.41, 5.74) is 2.62. The lowest BCUT2D eigenvalue weighted by Gasteiger charge is -2.20. The maximum absolute atomic E-state index is 13.6. The second-order valence-electron chi connectivity index (χ2n) is 7.59. The summed E-state index contributed by atoms with van der Waals surface area (Å²) in [6.45, 7) is 2.87. The van der Waals surface area contributed by atoms with Crippen LogP contribution in [0.3, 0.4) is 0 Å². The summed E-state index contributed by atoms with van der Waals surface area (Å²) < 4.78 is 20.4. The molecule has 3 aromatic rings. The third-order valence-corrected chi connectivity index (χ3v) is 5.66. The standard InChI is InChI=1S/C23H22ClFN4O3/c1-14-5-7-16(29-9-3-4-21(29)30)11-19(14)26-23-27-22(31)20(32-2)13-28(23)12-15-6-8-18(25)17(24)10-15/h5-8,10-11,13H,3-4,9,12H2,1-2H3,(H,26,27,31). The van der Waals surface area contributed by atoms with Crippen LogP contribution < -0.4 is 20.5 Å². The number of hydrogen-bond donors (Lipinski definition) is 1. The van der Waals surface area contributed by atoms with Crippen molar-refractivity contribution in [3.8, 4) is 5.75 Å².